The van der Waals surface area contributed by atoms with Crippen molar-refractivity contribution in [3.05, 3.63) is 56.3 Å². The van der Waals surface area contributed by atoms with Gasteiger partial charge in [0.25, 0.3) is 5.56 Å². The minimum Gasteiger partial charge on any atom is -0.342 e. The first kappa shape index (κ1) is 19.8. The van der Waals surface area contributed by atoms with Crippen LogP contribution in [0.15, 0.2) is 40.1 Å². The number of benzene rings is 1. The maximum atomic E-state index is 12.8. The number of carbonyl (C=O) groups is 1. The summed E-state index contributed by atoms with van der Waals surface area (Å²) < 4.78 is 2.18. The minimum absolute atomic E-state index is 0.173. The summed E-state index contributed by atoms with van der Waals surface area (Å²) in [5.41, 5.74) is -0.263. The highest BCUT2D eigenvalue weighted by molar-refractivity contribution is 6.30. The van der Waals surface area contributed by atoms with Gasteiger partial charge in [0, 0.05) is 36.9 Å². The first-order chi connectivity index (χ1) is 13.4. The lowest BCUT2D eigenvalue weighted by Gasteiger charge is -2.19. The van der Waals surface area contributed by atoms with E-state index >= 15 is 0 Å². The van der Waals surface area contributed by atoms with Crippen molar-refractivity contribution in [2.75, 3.05) is 13.1 Å². The molecule has 0 unspecified atom stereocenters. The summed E-state index contributed by atoms with van der Waals surface area (Å²) in [5, 5.41) is 0.754. The summed E-state index contributed by atoms with van der Waals surface area (Å²) in [5.74, 6) is 0.0813. The van der Waals surface area contributed by atoms with E-state index in [4.69, 9.17) is 11.6 Å². The zero-order valence-corrected chi connectivity index (χ0v) is 16.6. The maximum Gasteiger partial charge on any atom is 0.332 e. The van der Waals surface area contributed by atoms with Crippen LogP contribution >= 0.6 is 11.6 Å². The van der Waals surface area contributed by atoms with Gasteiger partial charge in [-0.2, -0.15) is 0 Å². The van der Waals surface area contributed by atoms with Gasteiger partial charge >= 0.3 is 5.69 Å². The van der Waals surface area contributed by atoms with E-state index in [2.05, 4.69) is 9.97 Å². The topological polar surface area (TPSA) is 90.1 Å². The number of fused-ring (bicyclic) bond motifs is 1. The predicted octanol–water partition coefficient (Wildman–Crippen LogP) is 1.68. The number of amides is 1. The molecule has 0 saturated heterocycles. The smallest absolute Gasteiger partial charge is 0.332 e. The van der Waals surface area contributed by atoms with E-state index in [0.717, 1.165) is 4.57 Å². The van der Waals surface area contributed by atoms with Crippen molar-refractivity contribution in [1.82, 2.24) is 24.0 Å². The van der Waals surface area contributed by atoms with Gasteiger partial charge in [-0.15, -0.1) is 0 Å². The molecule has 0 aliphatic rings. The fourth-order valence-corrected chi connectivity index (χ4v) is 3.10. The Kier molecular flexibility index (Phi) is 5.60. The third-order valence-corrected chi connectivity index (χ3v) is 4.84. The molecule has 1 amide bonds. The first-order valence-electron chi connectivity index (χ1n) is 8.87. The molecule has 0 saturated carbocycles. The van der Waals surface area contributed by atoms with Gasteiger partial charge in [-0.3, -0.25) is 18.7 Å². The van der Waals surface area contributed by atoms with Crippen LogP contribution in [-0.4, -0.2) is 43.0 Å². The van der Waals surface area contributed by atoms with Crippen LogP contribution in [0.3, 0.4) is 0 Å². The van der Waals surface area contributed by atoms with Gasteiger partial charge in [0.05, 0.1) is 0 Å². The maximum absolute atomic E-state index is 12.8. The number of carbonyl (C=O) groups excluding carboxylic acids is 1. The van der Waals surface area contributed by atoms with Crippen LogP contribution in [0.1, 0.15) is 13.8 Å². The molecule has 2 aromatic heterocycles. The predicted molar refractivity (Wildman–Crippen MR) is 107 cm³/mol. The van der Waals surface area contributed by atoms with Gasteiger partial charge in [0.2, 0.25) is 5.91 Å². The number of aryl methyl sites for hydroxylation is 1. The lowest BCUT2D eigenvalue weighted by molar-refractivity contribution is -0.131. The fraction of sp³-hybridized carbons (Fsp3) is 0.316. The Morgan fingerprint density at radius 1 is 1.14 bits per heavy atom. The van der Waals surface area contributed by atoms with Gasteiger partial charge in [-0.25, -0.2) is 14.8 Å². The molecule has 0 N–H and O–H groups in total. The second-order valence-electron chi connectivity index (χ2n) is 6.24. The van der Waals surface area contributed by atoms with E-state index in [1.807, 2.05) is 13.8 Å². The summed E-state index contributed by atoms with van der Waals surface area (Å²) in [7, 11) is 1.52. The number of aromatic nitrogens is 4. The van der Waals surface area contributed by atoms with E-state index < -0.39 is 11.2 Å². The lowest BCUT2D eigenvalue weighted by atomic mass is 10.2. The summed E-state index contributed by atoms with van der Waals surface area (Å²) >= 11 is 5.90. The molecule has 0 spiro atoms. The molecule has 0 aliphatic carbocycles. The van der Waals surface area contributed by atoms with Crippen molar-refractivity contribution in [2.45, 2.75) is 20.4 Å². The molecule has 28 heavy (non-hydrogen) atoms. The van der Waals surface area contributed by atoms with Crippen molar-refractivity contribution in [3.8, 4) is 11.4 Å². The molecule has 2 heterocycles. The molecule has 0 bridgehead atoms. The number of hydrogen-bond acceptors (Lipinski definition) is 5. The summed E-state index contributed by atoms with van der Waals surface area (Å²) in [6, 6.07) is 6.93. The van der Waals surface area contributed by atoms with Crippen LogP contribution in [0.2, 0.25) is 5.02 Å². The van der Waals surface area contributed by atoms with Crippen LogP contribution in [0.4, 0.5) is 0 Å². The molecular weight excluding hydrogens is 382 g/mol. The highest BCUT2D eigenvalue weighted by atomic mass is 35.5. The second kappa shape index (κ2) is 7.93. The van der Waals surface area contributed by atoms with Crippen molar-refractivity contribution in [2.24, 2.45) is 7.05 Å². The molecule has 0 aliphatic heterocycles. The van der Waals surface area contributed by atoms with Gasteiger partial charge in [-0.1, -0.05) is 11.6 Å². The first-order valence-corrected chi connectivity index (χ1v) is 9.25. The Labute approximate surface area is 166 Å². The third kappa shape index (κ3) is 3.55. The number of likely N-dealkylation sites (N-methyl/N-ethyl adjacent to an activating group) is 1. The van der Waals surface area contributed by atoms with Crippen LogP contribution in [0.5, 0.6) is 0 Å². The number of halogens is 1. The van der Waals surface area contributed by atoms with Crippen LogP contribution in [-0.2, 0) is 18.4 Å². The standard InChI is InChI=1S/C19H20ClN5O3/c1-4-24(5-2)15(26)11-25-18(27)14-10-21-16(12-6-8-13(20)9-7-12)22-17(14)23(3)19(25)28/h6-10H,4-5,11H2,1-3H3. The average molecular weight is 402 g/mol. The SMILES string of the molecule is CCN(CC)C(=O)Cn1c(=O)c2cnc(-c3ccc(Cl)cc3)nc2n(C)c1=O. The van der Waals surface area contributed by atoms with Gasteiger partial charge in [0.1, 0.15) is 11.9 Å². The second-order valence-corrected chi connectivity index (χ2v) is 6.67. The molecule has 0 fully saturated rings. The quantitative estimate of drug-likeness (QED) is 0.648. The molecular formula is C19H20ClN5O3. The van der Waals surface area contributed by atoms with Crippen molar-refractivity contribution in [1.29, 1.82) is 0 Å². The summed E-state index contributed by atoms with van der Waals surface area (Å²) in [4.78, 5) is 48.1. The molecule has 146 valence electrons. The molecule has 8 nitrogen and oxygen atoms in total. The molecule has 1 aromatic carbocycles. The minimum atomic E-state index is -0.598. The van der Waals surface area contributed by atoms with Crippen molar-refractivity contribution >= 4 is 28.5 Å². The number of hydrogen-bond donors (Lipinski definition) is 0. The zero-order chi connectivity index (χ0) is 20.4. The Balaban J connectivity index is 2.12. The zero-order valence-electron chi connectivity index (χ0n) is 15.8. The highest BCUT2D eigenvalue weighted by Crippen LogP contribution is 2.19. The van der Waals surface area contributed by atoms with Gasteiger partial charge in [-0.05, 0) is 38.1 Å². The highest BCUT2D eigenvalue weighted by Gasteiger charge is 2.18. The Hall–Kier alpha value is -3.00. The Bertz CT molecular complexity index is 1150. The van der Waals surface area contributed by atoms with E-state index in [0.29, 0.717) is 29.5 Å². The summed E-state index contributed by atoms with van der Waals surface area (Å²) in [6.45, 7) is 4.38. The molecule has 0 atom stereocenters. The molecule has 9 heteroatoms. The number of rotatable bonds is 5. The largest absolute Gasteiger partial charge is 0.342 e. The van der Waals surface area contributed by atoms with Crippen LogP contribution in [0, 0.1) is 0 Å². The molecule has 0 radical (unpaired) electrons. The average Bonchev–Trinajstić information content (AvgIpc) is 2.70. The fourth-order valence-electron chi connectivity index (χ4n) is 2.97. The van der Waals surface area contributed by atoms with E-state index in [-0.39, 0.29) is 23.5 Å². The van der Waals surface area contributed by atoms with E-state index in [1.54, 1.807) is 29.2 Å². The van der Waals surface area contributed by atoms with E-state index in [1.165, 1.54) is 17.8 Å². The molecule has 3 rings (SSSR count). The van der Waals surface area contributed by atoms with Gasteiger partial charge < -0.3 is 4.90 Å². The van der Waals surface area contributed by atoms with Crippen LogP contribution in [0.25, 0.3) is 22.4 Å². The number of nitrogens with zero attached hydrogens (tertiary/aromatic N) is 5. The van der Waals surface area contributed by atoms with Gasteiger partial charge in [0.15, 0.2) is 11.5 Å². The molecule has 3 aromatic rings. The Morgan fingerprint density at radius 2 is 1.79 bits per heavy atom. The monoisotopic (exact) mass is 401 g/mol. The van der Waals surface area contributed by atoms with E-state index in [9.17, 15) is 14.4 Å². The van der Waals surface area contributed by atoms with Crippen LogP contribution < -0.4 is 11.2 Å². The van der Waals surface area contributed by atoms with Crippen molar-refractivity contribution in [3.63, 3.8) is 0 Å². The summed E-state index contributed by atoms with van der Waals surface area (Å²) in [6.07, 6.45) is 1.38. The Morgan fingerprint density at radius 3 is 2.39 bits per heavy atom. The normalized spacial score (nSPS) is 11.0. The third-order valence-electron chi connectivity index (χ3n) is 4.59. The van der Waals surface area contributed by atoms with Crippen molar-refractivity contribution < 1.29 is 4.79 Å². The lowest BCUT2D eigenvalue weighted by Crippen LogP contribution is -2.44.